The van der Waals surface area contributed by atoms with Gasteiger partial charge in [-0.3, -0.25) is 0 Å². The SMILES string of the molecule is Oc1ccc(Cc2ccc(O)c3cccc(O)c23)cc1. The molecule has 3 rings (SSSR count). The fourth-order valence-corrected chi connectivity index (χ4v) is 2.42. The van der Waals surface area contributed by atoms with Crippen molar-refractivity contribution in [2.45, 2.75) is 6.42 Å². The highest BCUT2D eigenvalue weighted by atomic mass is 16.3. The number of hydrogen-bond donors (Lipinski definition) is 3. The van der Waals surface area contributed by atoms with Gasteiger partial charge in [0.2, 0.25) is 0 Å². The molecule has 0 fully saturated rings. The van der Waals surface area contributed by atoms with Gasteiger partial charge in [-0.15, -0.1) is 0 Å². The van der Waals surface area contributed by atoms with E-state index in [4.69, 9.17) is 0 Å². The second-order valence-electron chi connectivity index (χ2n) is 4.79. The maximum atomic E-state index is 10.0. The first-order valence-electron chi connectivity index (χ1n) is 6.35. The predicted molar refractivity (Wildman–Crippen MR) is 78.2 cm³/mol. The first-order chi connectivity index (χ1) is 9.65. The molecule has 0 saturated carbocycles. The molecule has 3 heteroatoms. The van der Waals surface area contributed by atoms with Gasteiger partial charge in [0, 0.05) is 10.8 Å². The Morgan fingerprint density at radius 2 is 1.45 bits per heavy atom. The molecule has 3 N–H and O–H groups in total. The number of phenolic OH excluding ortho intramolecular Hbond substituents is 3. The Labute approximate surface area is 116 Å². The van der Waals surface area contributed by atoms with E-state index in [1.54, 1.807) is 36.4 Å². The largest absolute Gasteiger partial charge is 0.508 e. The molecule has 100 valence electrons. The molecule has 0 aliphatic carbocycles. The van der Waals surface area contributed by atoms with Crippen molar-refractivity contribution >= 4 is 10.8 Å². The fourth-order valence-electron chi connectivity index (χ4n) is 2.42. The fraction of sp³-hybridized carbons (Fsp3) is 0.0588. The minimum Gasteiger partial charge on any atom is -0.508 e. The van der Waals surface area contributed by atoms with E-state index >= 15 is 0 Å². The van der Waals surface area contributed by atoms with Gasteiger partial charge in [-0.05, 0) is 41.8 Å². The summed E-state index contributed by atoms with van der Waals surface area (Å²) in [4.78, 5) is 0. The maximum absolute atomic E-state index is 10.0. The van der Waals surface area contributed by atoms with E-state index in [1.165, 1.54) is 0 Å². The lowest BCUT2D eigenvalue weighted by Crippen LogP contribution is -1.90. The Morgan fingerprint density at radius 3 is 2.20 bits per heavy atom. The highest BCUT2D eigenvalue weighted by molar-refractivity contribution is 5.95. The third-order valence-corrected chi connectivity index (χ3v) is 3.41. The lowest BCUT2D eigenvalue weighted by molar-refractivity contribution is 0.474. The second-order valence-corrected chi connectivity index (χ2v) is 4.79. The van der Waals surface area contributed by atoms with Crippen LogP contribution in [0.5, 0.6) is 17.2 Å². The molecule has 0 radical (unpaired) electrons. The van der Waals surface area contributed by atoms with E-state index in [1.807, 2.05) is 18.2 Å². The summed E-state index contributed by atoms with van der Waals surface area (Å²) in [5, 5.41) is 30.5. The quantitative estimate of drug-likeness (QED) is 0.664. The monoisotopic (exact) mass is 266 g/mol. The van der Waals surface area contributed by atoms with Gasteiger partial charge in [-0.2, -0.15) is 0 Å². The van der Waals surface area contributed by atoms with Crippen molar-refractivity contribution in [3.05, 3.63) is 65.7 Å². The summed E-state index contributed by atoms with van der Waals surface area (Å²) >= 11 is 0. The Morgan fingerprint density at radius 1 is 0.700 bits per heavy atom. The average molecular weight is 266 g/mol. The zero-order valence-corrected chi connectivity index (χ0v) is 10.7. The van der Waals surface area contributed by atoms with E-state index in [2.05, 4.69) is 0 Å². The van der Waals surface area contributed by atoms with Gasteiger partial charge in [0.15, 0.2) is 0 Å². The van der Waals surface area contributed by atoms with Crippen LogP contribution in [-0.4, -0.2) is 15.3 Å². The van der Waals surface area contributed by atoms with Crippen LogP contribution in [0.4, 0.5) is 0 Å². The van der Waals surface area contributed by atoms with Crippen LogP contribution in [-0.2, 0) is 6.42 Å². The number of rotatable bonds is 2. The molecule has 0 spiro atoms. The number of fused-ring (bicyclic) bond motifs is 1. The lowest BCUT2D eigenvalue weighted by Gasteiger charge is -2.10. The second kappa shape index (κ2) is 4.78. The van der Waals surface area contributed by atoms with Gasteiger partial charge < -0.3 is 15.3 Å². The van der Waals surface area contributed by atoms with Crippen molar-refractivity contribution in [1.82, 2.24) is 0 Å². The maximum Gasteiger partial charge on any atom is 0.123 e. The molecule has 0 aliphatic rings. The molecule has 20 heavy (non-hydrogen) atoms. The first-order valence-corrected chi connectivity index (χ1v) is 6.35. The van der Waals surface area contributed by atoms with Gasteiger partial charge >= 0.3 is 0 Å². The summed E-state index contributed by atoms with van der Waals surface area (Å²) in [6.45, 7) is 0. The van der Waals surface area contributed by atoms with Crippen molar-refractivity contribution in [1.29, 1.82) is 0 Å². The van der Waals surface area contributed by atoms with Crippen molar-refractivity contribution in [3.8, 4) is 17.2 Å². The van der Waals surface area contributed by atoms with Crippen molar-refractivity contribution in [2.24, 2.45) is 0 Å². The number of aromatic hydroxyl groups is 3. The van der Waals surface area contributed by atoms with Gasteiger partial charge in [-0.1, -0.05) is 30.3 Å². The van der Waals surface area contributed by atoms with Crippen LogP contribution in [0.2, 0.25) is 0 Å². The Balaban J connectivity index is 2.12. The first kappa shape index (κ1) is 12.4. The third kappa shape index (κ3) is 2.14. The lowest BCUT2D eigenvalue weighted by atomic mass is 9.97. The van der Waals surface area contributed by atoms with Gasteiger partial charge in [0.05, 0.1) is 0 Å². The van der Waals surface area contributed by atoms with E-state index in [0.717, 1.165) is 11.1 Å². The summed E-state index contributed by atoms with van der Waals surface area (Å²) in [5.74, 6) is 0.546. The standard InChI is InChI=1S/C17H14O3/c18-13-7-4-11(5-8-13)10-12-6-9-15(19)14-2-1-3-16(20)17(12)14/h1-9,18-20H,10H2. The summed E-state index contributed by atoms with van der Waals surface area (Å²) in [6, 6.07) is 15.5. The smallest absolute Gasteiger partial charge is 0.123 e. The van der Waals surface area contributed by atoms with Crippen molar-refractivity contribution < 1.29 is 15.3 Å². The van der Waals surface area contributed by atoms with Crippen LogP contribution in [0, 0.1) is 0 Å². The third-order valence-electron chi connectivity index (χ3n) is 3.41. The molecular formula is C17H14O3. The molecule has 0 unspecified atom stereocenters. The van der Waals surface area contributed by atoms with E-state index in [9.17, 15) is 15.3 Å². The molecule has 3 nitrogen and oxygen atoms in total. The number of hydrogen-bond acceptors (Lipinski definition) is 3. The Kier molecular flexibility index (Phi) is 2.95. The summed E-state index contributed by atoms with van der Waals surface area (Å²) < 4.78 is 0. The van der Waals surface area contributed by atoms with Crippen LogP contribution < -0.4 is 0 Å². The summed E-state index contributed by atoms with van der Waals surface area (Å²) in [5.41, 5.74) is 1.96. The summed E-state index contributed by atoms with van der Waals surface area (Å²) in [6.07, 6.45) is 0.620. The van der Waals surface area contributed by atoms with Crippen LogP contribution in [0.25, 0.3) is 10.8 Å². The minimum atomic E-state index is 0.158. The van der Waals surface area contributed by atoms with Crippen molar-refractivity contribution in [3.63, 3.8) is 0 Å². The highest BCUT2D eigenvalue weighted by Crippen LogP contribution is 2.34. The van der Waals surface area contributed by atoms with Crippen LogP contribution in [0.1, 0.15) is 11.1 Å². The van der Waals surface area contributed by atoms with Crippen LogP contribution in [0.3, 0.4) is 0 Å². The Bertz CT molecular complexity index is 761. The molecule has 0 heterocycles. The van der Waals surface area contributed by atoms with E-state index in [-0.39, 0.29) is 17.2 Å². The van der Waals surface area contributed by atoms with Gasteiger partial charge in [-0.25, -0.2) is 0 Å². The minimum absolute atomic E-state index is 0.158. The molecule has 3 aromatic rings. The predicted octanol–water partition coefficient (Wildman–Crippen LogP) is 3.55. The number of benzene rings is 3. The molecule has 0 saturated heterocycles. The molecule has 0 aliphatic heterocycles. The summed E-state index contributed by atoms with van der Waals surface area (Å²) in [7, 11) is 0. The highest BCUT2D eigenvalue weighted by Gasteiger charge is 2.09. The van der Waals surface area contributed by atoms with Crippen LogP contribution >= 0.6 is 0 Å². The molecule has 0 atom stereocenters. The Hall–Kier alpha value is -2.68. The molecular weight excluding hydrogens is 252 g/mol. The van der Waals surface area contributed by atoms with Gasteiger partial charge in [0.25, 0.3) is 0 Å². The van der Waals surface area contributed by atoms with Crippen LogP contribution in [0.15, 0.2) is 54.6 Å². The topological polar surface area (TPSA) is 60.7 Å². The zero-order valence-electron chi connectivity index (χ0n) is 10.7. The average Bonchev–Trinajstić information content (AvgIpc) is 2.45. The molecule has 0 bridgehead atoms. The van der Waals surface area contributed by atoms with E-state index < -0.39 is 0 Å². The van der Waals surface area contributed by atoms with E-state index in [0.29, 0.717) is 17.2 Å². The molecule has 3 aromatic carbocycles. The number of phenols is 3. The van der Waals surface area contributed by atoms with Crippen molar-refractivity contribution in [2.75, 3.05) is 0 Å². The molecule has 0 amide bonds. The zero-order chi connectivity index (χ0) is 14.1. The molecule has 0 aromatic heterocycles. The normalized spacial score (nSPS) is 10.8. The van der Waals surface area contributed by atoms with Gasteiger partial charge in [0.1, 0.15) is 17.2 Å².